The van der Waals surface area contributed by atoms with Crippen LogP contribution in [0.15, 0.2) is 12.1 Å². The van der Waals surface area contributed by atoms with E-state index in [9.17, 15) is 0 Å². The molecule has 5 nitrogen and oxygen atoms in total. The van der Waals surface area contributed by atoms with Gasteiger partial charge in [0.15, 0.2) is 11.5 Å². The predicted octanol–water partition coefficient (Wildman–Crippen LogP) is 3.72. The van der Waals surface area contributed by atoms with Crippen LogP contribution < -0.4 is 9.47 Å². The summed E-state index contributed by atoms with van der Waals surface area (Å²) >= 11 is 0. The van der Waals surface area contributed by atoms with E-state index in [-0.39, 0.29) is 22.4 Å². The first-order valence-corrected chi connectivity index (χ1v) is 8.99. The molecule has 0 aliphatic carbocycles. The van der Waals surface area contributed by atoms with Crippen molar-refractivity contribution in [1.29, 1.82) is 0 Å². The van der Waals surface area contributed by atoms with Crippen molar-refractivity contribution >= 4 is 0 Å². The summed E-state index contributed by atoms with van der Waals surface area (Å²) in [5.41, 5.74) is 2.44. The zero-order chi connectivity index (χ0) is 17.0. The van der Waals surface area contributed by atoms with Crippen LogP contribution >= 0.6 is 0 Å². The topological polar surface area (TPSA) is 46.2 Å². The zero-order valence-electron chi connectivity index (χ0n) is 15.4. The van der Waals surface area contributed by atoms with Gasteiger partial charge in [-0.15, -0.1) is 0 Å². The molecule has 6 heteroatoms. The van der Waals surface area contributed by atoms with E-state index in [0.29, 0.717) is 39.8 Å². The molecule has 0 N–H and O–H groups in total. The maximum absolute atomic E-state index is 5.75. The first-order chi connectivity index (χ1) is 11.8. The molecule has 0 unspecified atom stereocenters. The molecule has 141 valence electrons. The number of unbranched alkanes of at least 4 members (excludes halogenated alkanes) is 1. The Morgan fingerprint density at radius 2 is 1.40 bits per heavy atom. The van der Waals surface area contributed by atoms with Crippen LogP contribution in [0.25, 0.3) is 0 Å². The zero-order valence-corrected chi connectivity index (χ0v) is 18.6. The van der Waals surface area contributed by atoms with E-state index in [1.807, 2.05) is 6.07 Å². The Labute approximate surface area is 166 Å². The smallest absolute Gasteiger partial charge is 0.231 e. The standard InChI is InChI=1S/C19H30O5.Ta/c1-3-5-7-20-8-9-21-10-11-22-14-17-13-19-18(23-15-24-19)12-16(17)6-4-2;/h12-13H,3-11,14-15H2,1-2H3;. The van der Waals surface area contributed by atoms with Gasteiger partial charge in [0.2, 0.25) is 6.79 Å². The quantitative estimate of drug-likeness (QED) is 0.372. The molecule has 0 aromatic heterocycles. The Morgan fingerprint density at radius 1 is 0.800 bits per heavy atom. The van der Waals surface area contributed by atoms with Crippen molar-refractivity contribution < 1.29 is 46.1 Å². The van der Waals surface area contributed by atoms with Crippen LogP contribution in [0.3, 0.4) is 0 Å². The van der Waals surface area contributed by atoms with E-state index in [1.165, 1.54) is 11.1 Å². The summed E-state index contributed by atoms with van der Waals surface area (Å²) in [5.74, 6) is 1.66. The molecule has 0 spiro atoms. The van der Waals surface area contributed by atoms with Crippen LogP contribution in [-0.2, 0) is 49.6 Å². The largest absolute Gasteiger partial charge is 0.454 e. The van der Waals surface area contributed by atoms with Crippen molar-refractivity contribution in [2.24, 2.45) is 0 Å². The van der Waals surface area contributed by atoms with Crippen LogP contribution in [0.4, 0.5) is 0 Å². The van der Waals surface area contributed by atoms with Gasteiger partial charge in [0.25, 0.3) is 0 Å². The summed E-state index contributed by atoms with van der Waals surface area (Å²) in [6.45, 7) is 8.47. The van der Waals surface area contributed by atoms with E-state index >= 15 is 0 Å². The summed E-state index contributed by atoms with van der Waals surface area (Å²) in [7, 11) is 0. The van der Waals surface area contributed by atoms with Gasteiger partial charge in [-0.05, 0) is 36.1 Å². The molecule has 1 heterocycles. The first-order valence-electron chi connectivity index (χ1n) is 8.99. The van der Waals surface area contributed by atoms with Crippen LogP contribution in [-0.4, -0.2) is 39.8 Å². The molecule has 0 saturated heterocycles. The summed E-state index contributed by atoms with van der Waals surface area (Å²) in [6.07, 6.45) is 4.38. The third-order valence-corrected chi connectivity index (χ3v) is 3.86. The third kappa shape index (κ3) is 8.11. The van der Waals surface area contributed by atoms with Crippen molar-refractivity contribution in [2.75, 3.05) is 39.8 Å². The molecule has 1 aromatic carbocycles. The van der Waals surface area contributed by atoms with Gasteiger partial charge in [-0.3, -0.25) is 0 Å². The predicted molar refractivity (Wildman–Crippen MR) is 92.8 cm³/mol. The second kappa shape index (κ2) is 13.6. The van der Waals surface area contributed by atoms with Crippen molar-refractivity contribution in [3.63, 3.8) is 0 Å². The van der Waals surface area contributed by atoms with Crippen molar-refractivity contribution in [3.05, 3.63) is 23.3 Å². The first kappa shape index (κ1) is 22.5. The minimum absolute atomic E-state index is 0. The van der Waals surface area contributed by atoms with Gasteiger partial charge in [0.05, 0.1) is 33.0 Å². The van der Waals surface area contributed by atoms with Crippen molar-refractivity contribution in [2.45, 2.75) is 46.1 Å². The van der Waals surface area contributed by atoms with E-state index < -0.39 is 0 Å². The molecular weight excluding hydrogens is 489 g/mol. The summed E-state index contributed by atoms with van der Waals surface area (Å²) in [6, 6.07) is 4.12. The van der Waals surface area contributed by atoms with Crippen LogP contribution in [0.2, 0.25) is 0 Å². The second-order valence-corrected chi connectivity index (χ2v) is 5.86. The fraction of sp³-hybridized carbons (Fsp3) is 0.684. The number of hydrogen-bond donors (Lipinski definition) is 0. The molecule has 1 aromatic rings. The third-order valence-electron chi connectivity index (χ3n) is 3.86. The van der Waals surface area contributed by atoms with Gasteiger partial charge in [-0.1, -0.05) is 26.7 Å². The molecular formula is C19H30O5Ta. The van der Waals surface area contributed by atoms with Gasteiger partial charge in [-0.25, -0.2) is 0 Å². The minimum atomic E-state index is 0. The van der Waals surface area contributed by atoms with Gasteiger partial charge in [-0.2, -0.15) is 0 Å². The van der Waals surface area contributed by atoms with Gasteiger partial charge < -0.3 is 23.7 Å². The van der Waals surface area contributed by atoms with Gasteiger partial charge in [0, 0.05) is 29.0 Å². The van der Waals surface area contributed by atoms with Crippen molar-refractivity contribution in [1.82, 2.24) is 0 Å². The molecule has 25 heavy (non-hydrogen) atoms. The molecule has 1 aliphatic heterocycles. The molecule has 0 bridgehead atoms. The molecule has 0 amide bonds. The average Bonchev–Trinajstić information content (AvgIpc) is 3.04. The minimum Gasteiger partial charge on any atom is -0.454 e. The Morgan fingerprint density at radius 3 is 2.04 bits per heavy atom. The number of hydrogen-bond acceptors (Lipinski definition) is 5. The summed E-state index contributed by atoms with van der Waals surface area (Å²) in [4.78, 5) is 0. The molecule has 0 fully saturated rings. The molecule has 0 atom stereocenters. The number of rotatable bonds is 13. The van der Waals surface area contributed by atoms with Crippen LogP contribution in [0.1, 0.15) is 44.2 Å². The summed E-state index contributed by atoms with van der Waals surface area (Å²) in [5, 5.41) is 0. The van der Waals surface area contributed by atoms with E-state index in [2.05, 4.69) is 19.9 Å². The van der Waals surface area contributed by atoms with Crippen LogP contribution in [0, 0.1) is 0 Å². The maximum Gasteiger partial charge on any atom is 0.231 e. The number of aryl methyl sites for hydroxylation is 1. The van der Waals surface area contributed by atoms with Gasteiger partial charge >= 0.3 is 0 Å². The molecule has 1 aliphatic rings. The second-order valence-electron chi connectivity index (χ2n) is 5.86. The Balaban J connectivity index is 0.00000312. The van der Waals surface area contributed by atoms with Crippen molar-refractivity contribution in [3.8, 4) is 11.5 Å². The average molecular weight is 519 g/mol. The van der Waals surface area contributed by atoms with E-state index in [0.717, 1.165) is 43.8 Å². The fourth-order valence-electron chi connectivity index (χ4n) is 2.53. The molecule has 0 saturated carbocycles. The van der Waals surface area contributed by atoms with E-state index in [4.69, 9.17) is 23.7 Å². The normalized spacial score (nSPS) is 12.2. The number of ether oxygens (including phenoxy) is 5. The summed E-state index contributed by atoms with van der Waals surface area (Å²) < 4.78 is 27.6. The SMILES string of the molecule is CCCCOCCOCCOCc1cc2c(cc1CCC)OCO2.[Ta]. The maximum atomic E-state index is 5.75. The fourth-order valence-corrected chi connectivity index (χ4v) is 2.53. The Bertz CT molecular complexity index is 481. The Hall–Kier alpha value is -0.560. The number of fused-ring (bicyclic) bond motifs is 1. The van der Waals surface area contributed by atoms with Crippen LogP contribution in [0.5, 0.6) is 11.5 Å². The Kier molecular flexibility index (Phi) is 12.2. The van der Waals surface area contributed by atoms with Gasteiger partial charge in [0.1, 0.15) is 0 Å². The molecule has 1 radical (unpaired) electrons. The monoisotopic (exact) mass is 519 g/mol. The number of benzene rings is 1. The molecule has 2 rings (SSSR count). The van der Waals surface area contributed by atoms with E-state index in [1.54, 1.807) is 0 Å².